The molecule has 1 heterocycles. The normalized spacial score (nSPS) is 15.1. The van der Waals surface area contributed by atoms with Gasteiger partial charge in [0, 0.05) is 31.6 Å². The molecule has 0 saturated carbocycles. The molecule has 1 fully saturated rings. The highest BCUT2D eigenvalue weighted by molar-refractivity contribution is 5.92. The number of piperidine rings is 1. The Labute approximate surface area is 158 Å². The minimum atomic E-state index is -0.300. The lowest BCUT2D eigenvalue weighted by molar-refractivity contribution is -0.132. The number of likely N-dealkylation sites (tertiary alicyclic amines) is 1. The minimum absolute atomic E-state index is 0.0489. The molecule has 0 bridgehead atoms. The van der Waals surface area contributed by atoms with E-state index in [1.807, 2.05) is 30.3 Å². The summed E-state index contributed by atoms with van der Waals surface area (Å²) in [5.41, 5.74) is 1.85. The van der Waals surface area contributed by atoms with E-state index in [-0.39, 0.29) is 23.5 Å². The molecule has 4 nitrogen and oxygen atoms in total. The maximum Gasteiger partial charge on any atom is 0.246 e. The van der Waals surface area contributed by atoms with Crippen LogP contribution >= 0.6 is 0 Å². The van der Waals surface area contributed by atoms with Gasteiger partial charge in [0.25, 0.3) is 0 Å². The number of nitrogens with one attached hydrogen (secondary N) is 1. The number of hydrogen-bond acceptors (Lipinski definition) is 2. The summed E-state index contributed by atoms with van der Waals surface area (Å²) in [6.07, 6.45) is 4.51. The summed E-state index contributed by atoms with van der Waals surface area (Å²) in [5.74, 6) is -0.389. The molecule has 1 saturated heterocycles. The second-order valence-corrected chi connectivity index (χ2v) is 6.69. The Kier molecular flexibility index (Phi) is 6.36. The van der Waals surface area contributed by atoms with Crippen LogP contribution in [0.4, 0.5) is 4.39 Å². The van der Waals surface area contributed by atoms with E-state index >= 15 is 0 Å². The highest BCUT2D eigenvalue weighted by atomic mass is 19.1. The zero-order chi connectivity index (χ0) is 19.1. The second-order valence-electron chi connectivity index (χ2n) is 6.69. The fraction of sp³-hybridized carbons (Fsp3) is 0.273. The van der Waals surface area contributed by atoms with Crippen LogP contribution in [0.2, 0.25) is 0 Å². The number of halogens is 1. The van der Waals surface area contributed by atoms with Crippen LogP contribution < -0.4 is 5.32 Å². The minimum Gasteiger partial charge on any atom is -0.352 e. The second kappa shape index (κ2) is 9.12. The third kappa shape index (κ3) is 5.51. The third-order valence-electron chi connectivity index (χ3n) is 4.78. The van der Waals surface area contributed by atoms with Crippen molar-refractivity contribution >= 4 is 17.9 Å². The maximum absolute atomic E-state index is 12.9. The standard InChI is InChI=1S/C22H23FN2O2/c23-20-9-6-17(7-10-20)8-11-21(26)25-14-12-19(13-15-25)22(27)24-16-18-4-2-1-3-5-18/h1-11,19H,12-16H2,(H,24,27). The van der Waals surface area contributed by atoms with Crippen LogP contribution in [0, 0.1) is 11.7 Å². The summed E-state index contributed by atoms with van der Waals surface area (Å²) in [7, 11) is 0. The number of carbonyl (C=O) groups is 2. The number of carbonyl (C=O) groups excluding carboxylic acids is 2. The summed E-state index contributed by atoms with van der Waals surface area (Å²) < 4.78 is 12.9. The van der Waals surface area contributed by atoms with Crippen LogP contribution in [-0.2, 0) is 16.1 Å². The number of amides is 2. The molecule has 0 spiro atoms. The maximum atomic E-state index is 12.9. The number of benzene rings is 2. The number of rotatable bonds is 5. The molecule has 1 aliphatic rings. The molecule has 0 aliphatic carbocycles. The molecule has 3 rings (SSSR count). The zero-order valence-electron chi connectivity index (χ0n) is 15.1. The Morgan fingerprint density at radius 2 is 1.70 bits per heavy atom. The Morgan fingerprint density at radius 1 is 1.04 bits per heavy atom. The van der Waals surface area contributed by atoms with Gasteiger partial charge in [-0.3, -0.25) is 9.59 Å². The zero-order valence-corrected chi connectivity index (χ0v) is 15.1. The summed E-state index contributed by atoms with van der Waals surface area (Å²) in [4.78, 5) is 26.4. The topological polar surface area (TPSA) is 49.4 Å². The molecular formula is C22H23FN2O2. The lowest BCUT2D eigenvalue weighted by atomic mass is 9.95. The van der Waals surface area contributed by atoms with Gasteiger partial charge in [-0.05, 0) is 42.2 Å². The Balaban J connectivity index is 1.44. The molecule has 140 valence electrons. The van der Waals surface area contributed by atoms with Gasteiger partial charge in [-0.25, -0.2) is 4.39 Å². The van der Waals surface area contributed by atoms with E-state index in [0.29, 0.717) is 32.5 Å². The van der Waals surface area contributed by atoms with Crippen LogP contribution in [0.1, 0.15) is 24.0 Å². The van der Waals surface area contributed by atoms with E-state index in [0.717, 1.165) is 11.1 Å². The molecular weight excluding hydrogens is 343 g/mol. The van der Waals surface area contributed by atoms with Gasteiger partial charge in [0.1, 0.15) is 5.82 Å². The summed E-state index contributed by atoms with van der Waals surface area (Å²) in [6, 6.07) is 15.8. The Morgan fingerprint density at radius 3 is 2.37 bits per heavy atom. The number of hydrogen-bond donors (Lipinski definition) is 1. The van der Waals surface area contributed by atoms with Crippen LogP contribution in [0.25, 0.3) is 6.08 Å². The molecule has 2 aromatic carbocycles. The first-order valence-corrected chi connectivity index (χ1v) is 9.16. The quantitative estimate of drug-likeness (QED) is 0.825. The fourth-order valence-corrected chi connectivity index (χ4v) is 3.14. The smallest absolute Gasteiger partial charge is 0.246 e. The largest absolute Gasteiger partial charge is 0.352 e. The average molecular weight is 366 g/mol. The van der Waals surface area contributed by atoms with Crippen molar-refractivity contribution in [2.45, 2.75) is 19.4 Å². The SMILES string of the molecule is O=C(NCc1ccccc1)C1CCN(C(=O)C=Cc2ccc(F)cc2)CC1. The molecule has 0 radical (unpaired) electrons. The van der Waals surface area contributed by atoms with Crippen molar-refractivity contribution in [1.82, 2.24) is 10.2 Å². The first kappa shape index (κ1) is 18.8. The van der Waals surface area contributed by atoms with E-state index < -0.39 is 0 Å². The van der Waals surface area contributed by atoms with E-state index in [4.69, 9.17) is 0 Å². The van der Waals surface area contributed by atoms with Gasteiger partial charge in [-0.2, -0.15) is 0 Å². The number of nitrogens with zero attached hydrogens (tertiary/aromatic N) is 1. The van der Waals surface area contributed by atoms with Gasteiger partial charge in [-0.1, -0.05) is 42.5 Å². The molecule has 2 amide bonds. The molecule has 2 aromatic rings. The lowest BCUT2D eigenvalue weighted by Crippen LogP contribution is -2.42. The average Bonchev–Trinajstić information content (AvgIpc) is 2.72. The van der Waals surface area contributed by atoms with Crippen molar-refractivity contribution in [2.24, 2.45) is 5.92 Å². The highest BCUT2D eigenvalue weighted by Crippen LogP contribution is 2.18. The van der Waals surface area contributed by atoms with Gasteiger partial charge in [-0.15, -0.1) is 0 Å². The Bertz CT molecular complexity index is 795. The van der Waals surface area contributed by atoms with Crippen molar-refractivity contribution in [3.63, 3.8) is 0 Å². The third-order valence-corrected chi connectivity index (χ3v) is 4.78. The Hall–Kier alpha value is -2.95. The molecule has 27 heavy (non-hydrogen) atoms. The van der Waals surface area contributed by atoms with Gasteiger partial charge in [0.15, 0.2) is 0 Å². The van der Waals surface area contributed by atoms with Crippen LogP contribution in [0.15, 0.2) is 60.7 Å². The van der Waals surface area contributed by atoms with Gasteiger partial charge in [0.2, 0.25) is 11.8 Å². The molecule has 1 aliphatic heterocycles. The van der Waals surface area contributed by atoms with Crippen LogP contribution in [0.5, 0.6) is 0 Å². The molecule has 0 aromatic heterocycles. The van der Waals surface area contributed by atoms with Crippen molar-refractivity contribution in [2.75, 3.05) is 13.1 Å². The van der Waals surface area contributed by atoms with Gasteiger partial charge >= 0.3 is 0 Å². The van der Waals surface area contributed by atoms with Gasteiger partial charge in [0.05, 0.1) is 0 Å². The van der Waals surface area contributed by atoms with E-state index in [1.54, 1.807) is 23.1 Å². The van der Waals surface area contributed by atoms with Crippen LogP contribution in [-0.4, -0.2) is 29.8 Å². The van der Waals surface area contributed by atoms with Crippen molar-refractivity contribution < 1.29 is 14.0 Å². The first-order chi connectivity index (χ1) is 13.1. The van der Waals surface area contributed by atoms with Crippen molar-refractivity contribution in [3.05, 3.63) is 77.6 Å². The molecule has 0 unspecified atom stereocenters. The van der Waals surface area contributed by atoms with E-state index in [2.05, 4.69) is 5.32 Å². The summed E-state index contributed by atoms with van der Waals surface area (Å²) >= 11 is 0. The summed E-state index contributed by atoms with van der Waals surface area (Å²) in [5, 5.41) is 2.98. The first-order valence-electron chi connectivity index (χ1n) is 9.16. The fourth-order valence-electron chi connectivity index (χ4n) is 3.14. The predicted octanol–water partition coefficient (Wildman–Crippen LogP) is 3.39. The van der Waals surface area contributed by atoms with Crippen molar-refractivity contribution in [1.29, 1.82) is 0 Å². The van der Waals surface area contributed by atoms with E-state index in [9.17, 15) is 14.0 Å². The van der Waals surface area contributed by atoms with E-state index in [1.165, 1.54) is 18.2 Å². The summed E-state index contributed by atoms with van der Waals surface area (Å²) in [6.45, 7) is 1.66. The highest BCUT2D eigenvalue weighted by Gasteiger charge is 2.26. The lowest BCUT2D eigenvalue weighted by Gasteiger charge is -2.30. The molecule has 5 heteroatoms. The van der Waals surface area contributed by atoms with Gasteiger partial charge < -0.3 is 10.2 Å². The molecule has 1 N–H and O–H groups in total. The predicted molar refractivity (Wildman–Crippen MR) is 103 cm³/mol. The van der Waals surface area contributed by atoms with Crippen LogP contribution in [0.3, 0.4) is 0 Å². The monoisotopic (exact) mass is 366 g/mol. The molecule has 0 atom stereocenters. The van der Waals surface area contributed by atoms with Crippen molar-refractivity contribution in [3.8, 4) is 0 Å².